The van der Waals surface area contributed by atoms with Crippen molar-refractivity contribution in [2.75, 3.05) is 13.1 Å². The summed E-state index contributed by atoms with van der Waals surface area (Å²) in [6, 6.07) is 27.8. The number of thioether (sulfide) groups is 1. The maximum absolute atomic E-state index is 12.7. The first-order valence-corrected chi connectivity index (χ1v) is 12.5. The fourth-order valence-corrected chi connectivity index (χ4v) is 6.47. The molecular formula is C29H31NOS. The van der Waals surface area contributed by atoms with Crippen molar-refractivity contribution in [3.05, 3.63) is 101 Å². The zero-order chi connectivity index (χ0) is 22.1. The topological polar surface area (TPSA) is 20.3 Å². The van der Waals surface area contributed by atoms with Gasteiger partial charge in [-0.2, -0.15) is 0 Å². The lowest BCUT2D eigenvalue weighted by atomic mass is 9.59. The van der Waals surface area contributed by atoms with Gasteiger partial charge in [0.25, 0.3) is 0 Å². The number of benzene rings is 3. The van der Waals surface area contributed by atoms with E-state index in [0.717, 1.165) is 36.4 Å². The Balaban J connectivity index is 1.35. The summed E-state index contributed by atoms with van der Waals surface area (Å²) in [6.45, 7) is 7.17. The molecular weight excluding hydrogens is 410 g/mol. The molecule has 3 aromatic carbocycles. The predicted molar refractivity (Wildman–Crippen MR) is 133 cm³/mol. The van der Waals surface area contributed by atoms with Gasteiger partial charge < -0.3 is 0 Å². The van der Waals surface area contributed by atoms with Crippen LogP contribution in [0, 0.1) is 5.92 Å². The minimum Gasteiger partial charge on any atom is -0.299 e. The number of hydrogen-bond acceptors (Lipinski definition) is 3. The van der Waals surface area contributed by atoms with Crippen LogP contribution < -0.4 is 0 Å². The summed E-state index contributed by atoms with van der Waals surface area (Å²) in [6.07, 6.45) is 3.40. The van der Waals surface area contributed by atoms with Crippen LogP contribution in [0.25, 0.3) is 0 Å². The third-order valence-corrected chi connectivity index (χ3v) is 8.76. The van der Waals surface area contributed by atoms with Crippen LogP contribution in [0.4, 0.5) is 0 Å². The molecule has 1 heterocycles. The Morgan fingerprint density at radius 1 is 1.03 bits per heavy atom. The van der Waals surface area contributed by atoms with Gasteiger partial charge in [-0.1, -0.05) is 80.6 Å². The molecule has 1 fully saturated rings. The molecule has 3 aromatic rings. The van der Waals surface area contributed by atoms with Gasteiger partial charge in [0, 0.05) is 23.0 Å². The predicted octanol–water partition coefficient (Wildman–Crippen LogP) is 6.39. The van der Waals surface area contributed by atoms with Crippen LogP contribution in [0.15, 0.2) is 83.8 Å². The molecule has 1 saturated heterocycles. The molecule has 1 aliphatic heterocycles. The summed E-state index contributed by atoms with van der Waals surface area (Å²) < 4.78 is 0. The molecule has 0 amide bonds. The van der Waals surface area contributed by atoms with Crippen molar-refractivity contribution < 1.29 is 4.79 Å². The summed E-state index contributed by atoms with van der Waals surface area (Å²) in [5.74, 6) is 0.601. The summed E-state index contributed by atoms with van der Waals surface area (Å²) in [5.41, 5.74) is 5.30. The van der Waals surface area contributed by atoms with Crippen molar-refractivity contribution in [1.82, 2.24) is 4.90 Å². The fraction of sp³-hybridized carbons (Fsp3) is 0.345. The van der Waals surface area contributed by atoms with Crippen LogP contribution in [0.1, 0.15) is 47.3 Å². The SMILES string of the molecule is C[C@H]1C2Cc3ccc(SC(=O)c4ccccc4)cc3[C@]1(C)CCN2CCc1ccccc1. The largest absolute Gasteiger partial charge is 0.299 e. The molecule has 0 spiro atoms. The molecule has 2 aliphatic rings. The highest BCUT2D eigenvalue weighted by Crippen LogP contribution is 2.49. The summed E-state index contributed by atoms with van der Waals surface area (Å²) in [4.78, 5) is 16.5. The minimum atomic E-state index is 0.119. The standard InChI is InChI=1S/C29H31NOS/c1-21-27-19-24-13-14-25(32-28(31)23-11-7-4-8-12-23)20-26(24)29(21,2)16-18-30(27)17-15-22-9-5-3-6-10-22/h3-14,20-21,27H,15-19H2,1-2H3/t21-,27?,29+/m0/s1. The molecule has 32 heavy (non-hydrogen) atoms. The molecule has 5 rings (SSSR count). The molecule has 0 N–H and O–H groups in total. The van der Waals surface area contributed by atoms with Crippen LogP contribution >= 0.6 is 11.8 Å². The van der Waals surface area contributed by atoms with E-state index < -0.39 is 0 Å². The normalized spacial score (nSPS) is 24.7. The first kappa shape index (κ1) is 21.5. The van der Waals surface area contributed by atoms with Crippen molar-refractivity contribution in [3.8, 4) is 0 Å². The smallest absolute Gasteiger partial charge is 0.224 e. The zero-order valence-corrected chi connectivity index (χ0v) is 19.8. The van der Waals surface area contributed by atoms with Crippen LogP contribution in [0.5, 0.6) is 0 Å². The molecule has 0 saturated carbocycles. The van der Waals surface area contributed by atoms with Gasteiger partial charge in [-0.25, -0.2) is 0 Å². The van der Waals surface area contributed by atoms with E-state index >= 15 is 0 Å². The van der Waals surface area contributed by atoms with Gasteiger partial charge in [-0.15, -0.1) is 0 Å². The van der Waals surface area contributed by atoms with Gasteiger partial charge >= 0.3 is 0 Å². The first-order valence-electron chi connectivity index (χ1n) is 11.7. The van der Waals surface area contributed by atoms with Crippen molar-refractivity contribution >= 4 is 16.9 Å². The summed E-state index contributed by atoms with van der Waals surface area (Å²) in [5, 5.41) is 0.119. The molecule has 1 unspecified atom stereocenters. The van der Waals surface area contributed by atoms with Gasteiger partial charge in [0.15, 0.2) is 0 Å². The molecule has 0 radical (unpaired) electrons. The lowest BCUT2D eigenvalue weighted by Gasteiger charge is -2.54. The van der Waals surface area contributed by atoms with Gasteiger partial charge in [-0.3, -0.25) is 9.69 Å². The van der Waals surface area contributed by atoms with Crippen LogP contribution in [-0.4, -0.2) is 29.1 Å². The van der Waals surface area contributed by atoms with Crippen LogP contribution in [-0.2, 0) is 18.3 Å². The van der Waals surface area contributed by atoms with Gasteiger partial charge in [0.2, 0.25) is 5.12 Å². The maximum atomic E-state index is 12.7. The number of fused-ring (bicyclic) bond motifs is 4. The Kier molecular flexibility index (Phi) is 5.96. The van der Waals surface area contributed by atoms with Crippen LogP contribution in [0.3, 0.4) is 0 Å². The third kappa shape index (κ3) is 4.04. The number of carbonyl (C=O) groups is 1. The highest BCUT2D eigenvalue weighted by Gasteiger charge is 2.48. The van der Waals surface area contributed by atoms with E-state index in [1.165, 1.54) is 34.9 Å². The number of hydrogen-bond donors (Lipinski definition) is 0. The van der Waals surface area contributed by atoms with Crippen molar-refractivity contribution in [2.45, 2.75) is 49.5 Å². The average Bonchev–Trinajstić information content (AvgIpc) is 2.82. The van der Waals surface area contributed by atoms with E-state index in [1.54, 1.807) is 0 Å². The molecule has 1 aliphatic carbocycles. The number of carbonyl (C=O) groups excluding carboxylic acids is 1. The molecule has 2 nitrogen and oxygen atoms in total. The molecule has 2 bridgehead atoms. The van der Waals surface area contributed by atoms with Crippen molar-refractivity contribution in [3.63, 3.8) is 0 Å². The summed E-state index contributed by atoms with van der Waals surface area (Å²) in [7, 11) is 0. The van der Waals surface area contributed by atoms with E-state index in [2.05, 4.69) is 67.3 Å². The van der Waals surface area contributed by atoms with Gasteiger partial charge in [0.05, 0.1) is 0 Å². The number of nitrogens with zero attached hydrogens (tertiary/aromatic N) is 1. The Bertz CT molecular complexity index is 1100. The second-order valence-electron chi connectivity index (χ2n) is 9.57. The highest BCUT2D eigenvalue weighted by molar-refractivity contribution is 8.14. The molecule has 0 aromatic heterocycles. The van der Waals surface area contributed by atoms with Crippen molar-refractivity contribution in [1.29, 1.82) is 0 Å². The van der Waals surface area contributed by atoms with E-state index in [9.17, 15) is 4.79 Å². The molecule has 3 heteroatoms. The van der Waals surface area contributed by atoms with E-state index in [0.29, 0.717) is 12.0 Å². The Labute approximate surface area is 196 Å². The monoisotopic (exact) mass is 441 g/mol. The fourth-order valence-electron chi connectivity index (χ4n) is 5.69. The average molecular weight is 442 g/mol. The van der Waals surface area contributed by atoms with Crippen molar-refractivity contribution in [2.24, 2.45) is 5.92 Å². The first-order chi connectivity index (χ1) is 15.5. The van der Waals surface area contributed by atoms with E-state index in [4.69, 9.17) is 0 Å². The van der Waals surface area contributed by atoms with Gasteiger partial charge in [-0.05, 0) is 77.7 Å². The Morgan fingerprint density at radius 2 is 1.75 bits per heavy atom. The minimum absolute atomic E-state index is 0.119. The number of piperidine rings is 1. The van der Waals surface area contributed by atoms with E-state index in [1.807, 2.05) is 30.3 Å². The Morgan fingerprint density at radius 3 is 2.50 bits per heavy atom. The lowest BCUT2D eigenvalue weighted by molar-refractivity contribution is 0.0322. The van der Waals surface area contributed by atoms with Gasteiger partial charge in [0.1, 0.15) is 0 Å². The highest BCUT2D eigenvalue weighted by atomic mass is 32.2. The maximum Gasteiger partial charge on any atom is 0.224 e. The number of rotatable bonds is 5. The Hall–Kier alpha value is -2.36. The zero-order valence-electron chi connectivity index (χ0n) is 19.0. The summed E-state index contributed by atoms with van der Waals surface area (Å²) >= 11 is 1.36. The second-order valence-corrected chi connectivity index (χ2v) is 10.6. The molecule has 164 valence electrons. The second kappa shape index (κ2) is 8.88. The third-order valence-electron chi connectivity index (χ3n) is 7.85. The lowest BCUT2D eigenvalue weighted by Crippen LogP contribution is -2.58. The van der Waals surface area contributed by atoms with E-state index in [-0.39, 0.29) is 10.5 Å². The quantitative estimate of drug-likeness (QED) is 0.428. The molecule has 3 atom stereocenters. The number of likely N-dealkylation sites (tertiary alicyclic amines) is 1. The van der Waals surface area contributed by atoms with Crippen LogP contribution in [0.2, 0.25) is 0 Å².